The van der Waals surface area contributed by atoms with E-state index in [2.05, 4.69) is 15.0 Å². The lowest BCUT2D eigenvalue weighted by Gasteiger charge is -2.39. The second-order valence-electron chi connectivity index (χ2n) is 14.1. The summed E-state index contributed by atoms with van der Waals surface area (Å²) in [6.07, 6.45) is 0. The number of rotatable bonds is 5. The zero-order valence-electron chi connectivity index (χ0n) is 66.8. The number of nitrogens with zero attached hydrogens (tertiary/aromatic N) is 6. The molecular weight excluding hydrogens is 797 g/mol. The molecule has 14 rings (SSSR count). The maximum absolute atomic E-state index is 10.9. The quantitative estimate of drug-likeness (QED) is 0.162. The van der Waals surface area contributed by atoms with Crippen LogP contribution in [0.4, 0.5) is 0 Å². The summed E-state index contributed by atoms with van der Waals surface area (Å²) in [5, 5.41) is -7.31. The van der Waals surface area contributed by atoms with E-state index in [0.29, 0.717) is 15.2 Å². The molecule has 1 aliphatic heterocycles. The van der Waals surface area contributed by atoms with Crippen LogP contribution in [0.2, 0.25) is 0 Å². The fraction of sp³-hybridized carbons (Fsp3) is 0. The Hall–Kier alpha value is -8.39. The predicted molar refractivity (Wildman–Crippen MR) is 265 cm³/mol. The average molecular weight is 868 g/mol. The van der Waals surface area contributed by atoms with Crippen LogP contribution in [0.5, 0.6) is 0 Å². The van der Waals surface area contributed by atoms with Crippen molar-refractivity contribution in [1.82, 2.24) is 28.7 Å². The number of hydrogen-bond donors (Lipinski definition) is 0. The first-order valence-corrected chi connectivity index (χ1v) is 20.9. The third-order valence-electron chi connectivity index (χ3n) is 11.1. The van der Waals surface area contributed by atoms with Crippen LogP contribution in [0, 0.1) is 0 Å². The fourth-order valence-electron chi connectivity index (χ4n) is 8.59. The smallest absolute Gasteiger partial charge is 0.240 e. The number of aromatic nitrogens is 6. The Labute approximate surface area is 417 Å². The van der Waals surface area contributed by atoms with Crippen LogP contribution < -0.4 is 20.7 Å². The maximum Gasteiger partial charge on any atom is 0.240 e. The van der Waals surface area contributed by atoms with Crippen molar-refractivity contribution in [3.63, 3.8) is 0 Å². The molecule has 7 heteroatoms. The van der Waals surface area contributed by atoms with E-state index in [-0.39, 0.29) is 0 Å². The second-order valence-corrected chi connectivity index (χ2v) is 17.6. The van der Waals surface area contributed by atoms with Gasteiger partial charge in [-0.25, -0.2) is 0 Å². The molecule has 9 aromatic carbocycles. The molecule has 13 aromatic rings. The highest BCUT2D eigenvalue weighted by atomic mass is 28.3. The highest BCUT2D eigenvalue weighted by Crippen LogP contribution is 2.37. The summed E-state index contributed by atoms with van der Waals surface area (Å²) in [7, 11) is -6.31. The van der Waals surface area contributed by atoms with E-state index in [1.165, 1.54) is 0 Å². The molecule has 0 N–H and O–H groups in total. The van der Waals surface area contributed by atoms with Crippen LogP contribution in [0.15, 0.2) is 218 Å². The molecule has 1 unspecified atom stereocenters. The predicted octanol–water partition coefficient (Wildman–Crippen LogP) is 10.5. The minimum atomic E-state index is -6.31. The minimum Gasteiger partial charge on any atom is -0.309 e. The number of fused-ring (bicyclic) bond motifs is 11. The molecule has 0 radical (unpaired) electrons. The van der Waals surface area contributed by atoms with E-state index < -0.39 is 335 Å². The zero-order chi connectivity index (χ0) is 72.4. The molecule has 0 amide bonds. The van der Waals surface area contributed by atoms with Crippen molar-refractivity contribution in [2.75, 3.05) is 0 Å². The molecule has 0 fully saturated rings. The molecule has 0 bridgehead atoms. The first-order chi connectivity index (χ1) is 46.3. The molecule has 6 nitrogen and oxygen atoms in total. The van der Waals surface area contributed by atoms with Crippen LogP contribution >= 0.6 is 0 Å². The Morgan fingerprint density at radius 1 is 0.359 bits per heavy atom. The van der Waals surface area contributed by atoms with Crippen molar-refractivity contribution in [3.8, 4) is 29.0 Å². The molecule has 1 atom stereocenters. The monoisotopic (exact) mass is 867 g/mol. The highest BCUT2D eigenvalue weighted by Gasteiger charge is 2.47. The Kier molecular flexibility index (Phi) is 3.21. The summed E-state index contributed by atoms with van der Waals surface area (Å²) in [6.45, 7) is 0. The topological polar surface area (TPSA) is 53.5 Å². The molecule has 0 saturated heterocycles. The summed E-state index contributed by atoms with van der Waals surface area (Å²) in [6, 6.07) is -35.0. The van der Waals surface area contributed by atoms with Crippen LogP contribution in [0.1, 0.15) is 48.0 Å². The van der Waals surface area contributed by atoms with E-state index in [0.717, 1.165) is 4.57 Å². The van der Waals surface area contributed by atoms with Gasteiger partial charge in [0.2, 0.25) is 11.9 Å². The summed E-state index contributed by atoms with van der Waals surface area (Å²) >= 11 is 0. The normalized spacial score (nSPS) is 22.3. The minimum absolute atomic E-state index is 0.579. The summed E-state index contributed by atoms with van der Waals surface area (Å²) in [4.78, 5) is 13.9. The van der Waals surface area contributed by atoms with Gasteiger partial charge in [0.15, 0.2) is 13.9 Å². The van der Waals surface area contributed by atoms with E-state index in [1.807, 2.05) is 0 Å². The van der Waals surface area contributed by atoms with Crippen molar-refractivity contribution in [2.24, 2.45) is 0 Å². The van der Waals surface area contributed by atoms with Crippen molar-refractivity contribution < 1.29 is 48.0 Å². The van der Waals surface area contributed by atoms with Gasteiger partial charge >= 0.3 is 0 Å². The van der Waals surface area contributed by atoms with Crippen LogP contribution in [0.3, 0.4) is 0 Å². The van der Waals surface area contributed by atoms with Gasteiger partial charge in [0.1, 0.15) is 0 Å². The van der Waals surface area contributed by atoms with E-state index in [1.54, 1.807) is 0 Å². The average Bonchev–Trinajstić information content (AvgIpc) is 1.63. The van der Waals surface area contributed by atoms with Gasteiger partial charge in [0, 0.05) is 43.6 Å². The van der Waals surface area contributed by atoms with Crippen molar-refractivity contribution in [3.05, 3.63) is 218 Å². The Balaban J connectivity index is 1.29. The summed E-state index contributed by atoms with van der Waals surface area (Å²) in [5.74, 6) is -3.30. The van der Waals surface area contributed by atoms with Crippen LogP contribution in [0.25, 0.3) is 94.4 Å². The largest absolute Gasteiger partial charge is 0.309 e. The lowest BCUT2D eigenvalue weighted by atomic mass is 10.1. The van der Waals surface area contributed by atoms with Gasteiger partial charge < -0.3 is 4.57 Å². The Morgan fingerprint density at radius 3 is 1.42 bits per heavy atom. The SMILES string of the molecule is [2H]c1cc([2H])c([Si]2(c3c([2H])c([2H])c([2H])c(-c4nc(-n5c6c([2H])c([2H])c([2H])c([2H])c6c6c([2H])c([2H])c([2H])c([2H])c65)nc(-n5c6c([2H])c([2H])c([2H])c([2H])c6c6c([2H])c([2H])c([2H])c([2H])c65)n4)c3[2H])c3c([2H])c([2H])c([2H])c([2H])c3-n3c4c([2H])c([2H])c([2H])c([2H])c4c4c([2H])c([2H])c([2H])c2c43)c([2H])c1[2H]. The third-order valence-corrected chi connectivity index (χ3v) is 15.3. The molecule has 4 aromatic heterocycles. The first-order valence-electron chi connectivity index (χ1n) is 36.4. The molecule has 5 heterocycles. The number of hydrogen-bond acceptors (Lipinski definition) is 3. The Bertz CT molecular complexity index is 5810. The molecular formula is C57H36N6Si. The van der Waals surface area contributed by atoms with E-state index in [9.17, 15) is 32.9 Å². The van der Waals surface area contributed by atoms with Gasteiger partial charge in [-0.2, -0.15) is 15.0 Å². The summed E-state index contributed by atoms with van der Waals surface area (Å²) < 4.78 is 330. The standard InChI is InChI=1S/C57H36N6Si/c1-2-19-38(20-3-1)64(52-34-15-14-33-51(52)61-46-28-9-8-26-44(46)45-27-17-35-53(64)54(45)61)39-21-16-18-37(36-39)55-58-56(62-47-29-10-4-22-40(47)41-23-5-11-30-48(41)62)60-57(59-55)63-49-31-12-6-24-42(49)43-25-7-13-32-50(43)63/h1-36H/i1D,2D,4D,5D,6D,7D,8D,9D,10D,11D,12D,13D,14D,15D,16D,17D,18D,19D,20D,21D,22D,23D,24D,25D,26D,27D,28D,29D,30D,31D,32D,33D,34D,35D,36D. The van der Waals surface area contributed by atoms with Crippen molar-refractivity contribution in [1.29, 1.82) is 0 Å². The van der Waals surface area contributed by atoms with E-state index >= 15 is 0 Å². The van der Waals surface area contributed by atoms with E-state index in [4.69, 9.17) is 15.1 Å². The van der Waals surface area contributed by atoms with Gasteiger partial charge in [0.05, 0.1) is 81.1 Å². The molecule has 0 aliphatic carbocycles. The molecule has 1 aliphatic rings. The van der Waals surface area contributed by atoms with Crippen LogP contribution in [-0.2, 0) is 0 Å². The van der Waals surface area contributed by atoms with Crippen LogP contribution in [-0.4, -0.2) is 36.7 Å². The Morgan fingerprint density at radius 2 is 0.812 bits per heavy atom. The van der Waals surface area contributed by atoms with Crippen molar-refractivity contribution in [2.45, 2.75) is 0 Å². The van der Waals surface area contributed by atoms with Gasteiger partial charge in [0.25, 0.3) is 0 Å². The molecule has 0 saturated carbocycles. The highest BCUT2D eigenvalue weighted by molar-refractivity contribution is 7.21. The van der Waals surface area contributed by atoms with Gasteiger partial charge in [-0.15, -0.1) is 0 Å². The third kappa shape index (κ3) is 4.70. The summed E-state index contributed by atoms with van der Waals surface area (Å²) in [5.41, 5.74) is -6.12. The number of para-hydroxylation sites is 7. The number of benzene rings is 9. The molecule has 64 heavy (non-hydrogen) atoms. The zero-order valence-corrected chi connectivity index (χ0v) is 32.8. The van der Waals surface area contributed by atoms with Gasteiger partial charge in [-0.1, -0.05) is 181 Å². The molecule has 0 spiro atoms. The second kappa shape index (κ2) is 13.3. The molecule has 298 valence electrons. The lowest BCUT2D eigenvalue weighted by Crippen LogP contribution is -2.76. The van der Waals surface area contributed by atoms with Gasteiger partial charge in [-0.3, -0.25) is 9.13 Å². The first kappa shape index (κ1) is 15.4. The lowest BCUT2D eigenvalue weighted by molar-refractivity contribution is 0.893. The fourth-order valence-corrected chi connectivity index (χ4v) is 12.8. The maximum atomic E-state index is 10.9. The van der Waals surface area contributed by atoms with Gasteiger partial charge in [-0.05, 0) is 57.0 Å². The van der Waals surface area contributed by atoms with Crippen molar-refractivity contribution >= 4 is 94.2 Å².